The standard InChI is InChI=1S/C13H22BrClF2/c1-2-3-4-5-6-7-8-9-10-11-12(15)13(14,16)17/h11H,2-10H2,1H3. The van der Waals surface area contributed by atoms with Gasteiger partial charge in [-0.05, 0) is 28.8 Å². The smallest absolute Gasteiger partial charge is 0.187 e. The second-order valence-electron chi connectivity index (χ2n) is 4.31. The number of hydrogen-bond donors (Lipinski definition) is 0. The van der Waals surface area contributed by atoms with Crippen molar-refractivity contribution >= 4 is 27.5 Å². The molecular weight excluding hydrogens is 309 g/mol. The third kappa shape index (κ3) is 11.2. The monoisotopic (exact) mass is 330 g/mol. The predicted octanol–water partition coefficient (Wildman–Crippen LogP) is 6.63. The Bertz CT molecular complexity index is 212. The van der Waals surface area contributed by atoms with Crippen LogP contribution in [0, 0.1) is 0 Å². The van der Waals surface area contributed by atoms with Crippen LogP contribution in [-0.2, 0) is 0 Å². The SMILES string of the molecule is CCCCCCCCCCC=C(Cl)C(F)(F)Br. The lowest BCUT2D eigenvalue weighted by molar-refractivity contribution is 0.165. The van der Waals surface area contributed by atoms with Gasteiger partial charge in [-0.1, -0.05) is 69.5 Å². The lowest BCUT2D eigenvalue weighted by Gasteiger charge is -2.06. The Kier molecular flexibility index (Phi) is 10.5. The first kappa shape index (κ1) is 17.4. The van der Waals surface area contributed by atoms with Crippen LogP contribution in [0.4, 0.5) is 8.78 Å². The lowest BCUT2D eigenvalue weighted by atomic mass is 10.1. The molecule has 0 radical (unpaired) electrons. The highest BCUT2D eigenvalue weighted by molar-refractivity contribution is 9.10. The van der Waals surface area contributed by atoms with E-state index in [-0.39, 0.29) is 0 Å². The number of rotatable bonds is 10. The molecule has 0 fully saturated rings. The second-order valence-corrected chi connectivity index (χ2v) is 5.72. The first-order valence-electron chi connectivity index (χ1n) is 6.41. The third-order valence-electron chi connectivity index (χ3n) is 2.65. The van der Waals surface area contributed by atoms with Gasteiger partial charge in [0.2, 0.25) is 0 Å². The van der Waals surface area contributed by atoms with Crippen molar-refractivity contribution in [3.63, 3.8) is 0 Å². The van der Waals surface area contributed by atoms with Gasteiger partial charge in [-0.3, -0.25) is 0 Å². The van der Waals surface area contributed by atoms with E-state index in [4.69, 9.17) is 11.6 Å². The minimum Gasteiger partial charge on any atom is -0.187 e. The molecule has 0 heterocycles. The second kappa shape index (κ2) is 10.3. The summed E-state index contributed by atoms with van der Waals surface area (Å²) in [6.45, 7) is 2.20. The highest BCUT2D eigenvalue weighted by Crippen LogP contribution is 2.33. The molecule has 0 aliphatic rings. The van der Waals surface area contributed by atoms with E-state index in [1.807, 2.05) is 0 Å². The van der Waals surface area contributed by atoms with Gasteiger partial charge >= 0.3 is 4.83 Å². The maximum Gasteiger partial charge on any atom is 0.336 e. The van der Waals surface area contributed by atoms with Crippen molar-refractivity contribution in [1.82, 2.24) is 0 Å². The molecule has 0 aromatic carbocycles. The minimum absolute atomic E-state index is 0.402. The molecule has 0 aliphatic heterocycles. The van der Waals surface area contributed by atoms with Crippen LogP contribution < -0.4 is 0 Å². The Hall–Kier alpha value is 0.370. The fourth-order valence-corrected chi connectivity index (χ4v) is 1.89. The zero-order valence-corrected chi connectivity index (χ0v) is 12.8. The van der Waals surface area contributed by atoms with Crippen molar-refractivity contribution in [2.45, 2.75) is 69.5 Å². The van der Waals surface area contributed by atoms with Crippen molar-refractivity contribution in [3.05, 3.63) is 11.1 Å². The van der Waals surface area contributed by atoms with Gasteiger partial charge in [0.25, 0.3) is 0 Å². The zero-order valence-electron chi connectivity index (χ0n) is 10.5. The highest BCUT2D eigenvalue weighted by Gasteiger charge is 2.27. The molecule has 102 valence electrons. The summed E-state index contributed by atoms with van der Waals surface area (Å²) in [6.07, 6.45) is 11.7. The average molecular weight is 332 g/mol. The van der Waals surface area contributed by atoms with E-state index < -0.39 is 9.86 Å². The normalized spacial score (nSPS) is 13.1. The summed E-state index contributed by atoms with van der Waals surface area (Å²) in [7, 11) is 0. The molecule has 0 bridgehead atoms. The van der Waals surface area contributed by atoms with Crippen LogP contribution in [0.2, 0.25) is 0 Å². The topological polar surface area (TPSA) is 0 Å². The Morgan fingerprint density at radius 2 is 1.53 bits per heavy atom. The van der Waals surface area contributed by atoms with Gasteiger partial charge in [0.1, 0.15) is 0 Å². The fraction of sp³-hybridized carbons (Fsp3) is 0.846. The van der Waals surface area contributed by atoms with Crippen LogP contribution in [0.5, 0.6) is 0 Å². The van der Waals surface area contributed by atoms with Crippen molar-refractivity contribution in [3.8, 4) is 0 Å². The van der Waals surface area contributed by atoms with E-state index in [0.29, 0.717) is 6.42 Å². The van der Waals surface area contributed by atoms with E-state index in [2.05, 4.69) is 22.9 Å². The van der Waals surface area contributed by atoms with Crippen molar-refractivity contribution < 1.29 is 8.78 Å². The third-order valence-corrected chi connectivity index (χ3v) is 3.70. The van der Waals surface area contributed by atoms with Gasteiger partial charge in [-0.25, -0.2) is 0 Å². The Labute approximate surface area is 117 Å². The molecule has 0 rings (SSSR count). The number of halogens is 4. The highest BCUT2D eigenvalue weighted by atomic mass is 79.9. The Morgan fingerprint density at radius 1 is 1.06 bits per heavy atom. The van der Waals surface area contributed by atoms with E-state index >= 15 is 0 Å². The van der Waals surface area contributed by atoms with E-state index in [0.717, 1.165) is 12.8 Å². The first-order chi connectivity index (χ1) is 7.98. The Balaban J connectivity index is 3.35. The first-order valence-corrected chi connectivity index (χ1v) is 7.58. The molecule has 0 saturated carbocycles. The van der Waals surface area contributed by atoms with Gasteiger partial charge in [-0.2, -0.15) is 8.78 Å². The molecule has 0 amide bonds. The molecule has 0 aromatic rings. The summed E-state index contributed by atoms with van der Waals surface area (Å²) in [5, 5.41) is -0.402. The number of allylic oxidation sites excluding steroid dienone is 2. The van der Waals surface area contributed by atoms with Gasteiger partial charge < -0.3 is 0 Å². The molecule has 0 aliphatic carbocycles. The zero-order chi connectivity index (χ0) is 13.1. The maximum atomic E-state index is 12.6. The molecule has 0 spiro atoms. The summed E-state index contributed by atoms with van der Waals surface area (Å²) in [5.41, 5.74) is 0. The lowest BCUT2D eigenvalue weighted by Crippen LogP contribution is -2.03. The Morgan fingerprint density at radius 3 is 2.00 bits per heavy atom. The van der Waals surface area contributed by atoms with Crippen LogP contribution >= 0.6 is 27.5 Å². The van der Waals surface area contributed by atoms with Crippen molar-refractivity contribution in [1.29, 1.82) is 0 Å². The summed E-state index contributed by atoms with van der Waals surface area (Å²) in [6, 6.07) is 0. The van der Waals surface area contributed by atoms with Crippen molar-refractivity contribution in [2.75, 3.05) is 0 Å². The van der Waals surface area contributed by atoms with Crippen LogP contribution in [0.1, 0.15) is 64.7 Å². The van der Waals surface area contributed by atoms with Crippen molar-refractivity contribution in [2.24, 2.45) is 0 Å². The molecule has 0 N–H and O–H groups in total. The number of alkyl halides is 3. The van der Waals surface area contributed by atoms with Gasteiger partial charge in [0.05, 0.1) is 5.03 Å². The molecule has 0 aromatic heterocycles. The van der Waals surface area contributed by atoms with Gasteiger partial charge in [0, 0.05) is 0 Å². The van der Waals surface area contributed by atoms with E-state index in [1.165, 1.54) is 44.6 Å². The van der Waals surface area contributed by atoms with E-state index in [1.54, 1.807) is 0 Å². The van der Waals surface area contributed by atoms with Crippen LogP contribution in [0.3, 0.4) is 0 Å². The minimum atomic E-state index is -3.06. The van der Waals surface area contributed by atoms with Gasteiger partial charge in [-0.15, -0.1) is 0 Å². The van der Waals surface area contributed by atoms with Crippen LogP contribution in [0.15, 0.2) is 11.1 Å². The van der Waals surface area contributed by atoms with Crippen LogP contribution in [-0.4, -0.2) is 4.83 Å². The van der Waals surface area contributed by atoms with Crippen LogP contribution in [0.25, 0.3) is 0 Å². The quantitative estimate of drug-likeness (QED) is 0.311. The molecule has 0 nitrogen and oxygen atoms in total. The summed E-state index contributed by atoms with van der Waals surface area (Å²) in [5.74, 6) is 0. The average Bonchev–Trinajstić information content (AvgIpc) is 2.25. The number of unbranched alkanes of at least 4 members (excludes halogenated alkanes) is 8. The maximum absolute atomic E-state index is 12.6. The molecule has 17 heavy (non-hydrogen) atoms. The summed E-state index contributed by atoms with van der Waals surface area (Å²) in [4.78, 5) is -3.06. The van der Waals surface area contributed by atoms with Gasteiger partial charge in [0.15, 0.2) is 0 Å². The largest absolute Gasteiger partial charge is 0.336 e. The molecule has 0 unspecified atom stereocenters. The molecule has 4 heteroatoms. The summed E-state index contributed by atoms with van der Waals surface area (Å²) >= 11 is 7.65. The summed E-state index contributed by atoms with van der Waals surface area (Å²) < 4.78 is 25.2. The fourth-order valence-electron chi connectivity index (χ4n) is 1.62. The number of hydrogen-bond acceptors (Lipinski definition) is 0. The predicted molar refractivity (Wildman–Crippen MR) is 75.0 cm³/mol. The van der Waals surface area contributed by atoms with E-state index in [9.17, 15) is 8.78 Å². The molecule has 0 atom stereocenters. The molecular formula is C13H22BrClF2. The molecule has 0 saturated heterocycles.